The van der Waals surface area contributed by atoms with E-state index in [2.05, 4.69) is 14.7 Å². The highest BCUT2D eigenvalue weighted by atomic mass is 35.5. The molecule has 0 radical (unpaired) electrons. The molecular formula is C8H12ClN3S. The molecule has 1 N–H and O–H groups in total. The van der Waals surface area contributed by atoms with Crippen LogP contribution in [-0.4, -0.2) is 21.3 Å². The SMILES string of the molecule is ClC1CCCC1CNc1ncns1. The van der Waals surface area contributed by atoms with Gasteiger partial charge in [0.1, 0.15) is 6.33 Å². The van der Waals surface area contributed by atoms with Crippen molar-refractivity contribution >= 4 is 28.3 Å². The Morgan fingerprint density at radius 2 is 2.54 bits per heavy atom. The number of hydrogen-bond donors (Lipinski definition) is 1. The average Bonchev–Trinajstić information content (AvgIpc) is 2.72. The van der Waals surface area contributed by atoms with Crippen molar-refractivity contribution in [3.8, 4) is 0 Å². The molecule has 13 heavy (non-hydrogen) atoms. The van der Waals surface area contributed by atoms with Gasteiger partial charge in [-0.15, -0.1) is 11.6 Å². The van der Waals surface area contributed by atoms with Crippen molar-refractivity contribution in [1.82, 2.24) is 9.36 Å². The van der Waals surface area contributed by atoms with Gasteiger partial charge in [-0.2, -0.15) is 4.37 Å². The van der Waals surface area contributed by atoms with E-state index in [-0.39, 0.29) is 0 Å². The number of alkyl halides is 1. The van der Waals surface area contributed by atoms with E-state index in [1.165, 1.54) is 24.4 Å². The van der Waals surface area contributed by atoms with Gasteiger partial charge in [-0.05, 0) is 18.8 Å². The van der Waals surface area contributed by atoms with Crippen LogP contribution in [0.25, 0.3) is 0 Å². The van der Waals surface area contributed by atoms with Crippen LogP contribution in [0.2, 0.25) is 0 Å². The number of halogens is 1. The lowest BCUT2D eigenvalue weighted by Crippen LogP contribution is -2.18. The van der Waals surface area contributed by atoms with E-state index in [1.54, 1.807) is 6.33 Å². The van der Waals surface area contributed by atoms with Crippen LogP contribution in [0, 0.1) is 5.92 Å². The Labute approximate surface area is 86.7 Å². The second-order valence-electron chi connectivity index (χ2n) is 3.33. The zero-order chi connectivity index (χ0) is 9.10. The Balaban J connectivity index is 1.79. The summed E-state index contributed by atoms with van der Waals surface area (Å²) in [5.74, 6) is 0.602. The van der Waals surface area contributed by atoms with Gasteiger partial charge >= 0.3 is 0 Å². The van der Waals surface area contributed by atoms with Crippen LogP contribution in [0.3, 0.4) is 0 Å². The number of nitrogens with one attached hydrogen (secondary N) is 1. The first-order chi connectivity index (χ1) is 6.36. The topological polar surface area (TPSA) is 37.8 Å². The van der Waals surface area contributed by atoms with Gasteiger partial charge in [-0.3, -0.25) is 0 Å². The molecule has 1 fully saturated rings. The molecule has 0 spiro atoms. The predicted octanol–water partition coefficient (Wildman–Crippen LogP) is 2.36. The Hall–Kier alpha value is -0.350. The highest BCUT2D eigenvalue weighted by Crippen LogP contribution is 2.30. The molecule has 72 valence electrons. The molecule has 2 rings (SSSR count). The Morgan fingerprint density at radius 3 is 3.15 bits per heavy atom. The normalized spacial score (nSPS) is 27.8. The lowest BCUT2D eigenvalue weighted by atomic mass is 10.1. The molecule has 1 aromatic heterocycles. The van der Waals surface area contributed by atoms with Gasteiger partial charge in [0.05, 0.1) is 0 Å². The van der Waals surface area contributed by atoms with E-state index < -0.39 is 0 Å². The lowest BCUT2D eigenvalue weighted by Gasteiger charge is -2.13. The molecule has 1 aliphatic carbocycles. The van der Waals surface area contributed by atoms with Crippen molar-refractivity contribution in [3.63, 3.8) is 0 Å². The predicted molar refractivity (Wildman–Crippen MR) is 55.4 cm³/mol. The maximum atomic E-state index is 6.15. The second kappa shape index (κ2) is 4.24. The van der Waals surface area contributed by atoms with Crippen molar-refractivity contribution in [2.24, 2.45) is 5.92 Å². The summed E-state index contributed by atoms with van der Waals surface area (Å²) in [4.78, 5) is 4.06. The maximum absolute atomic E-state index is 6.15. The standard InChI is InChI=1S/C8H12ClN3S/c9-7-3-1-2-6(7)4-10-8-11-5-12-13-8/h5-7H,1-4H2,(H,10,11,12). The van der Waals surface area contributed by atoms with Crippen LogP contribution in [-0.2, 0) is 0 Å². The Kier molecular flexibility index (Phi) is 3.01. The van der Waals surface area contributed by atoms with E-state index >= 15 is 0 Å². The number of aromatic nitrogens is 2. The third-order valence-electron chi connectivity index (χ3n) is 2.44. The van der Waals surface area contributed by atoms with E-state index in [0.29, 0.717) is 11.3 Å². The molecule has 1 heterocycles. The summed E-state index contributed by atoms with van der Waals surface area (Å²) < 4.78 is 3.92. The molecule has 0 amide bonds. The van der Waals surface area contributed by atoms with E-state index in [1.807, 2.05) is 0 Å². The highest BCUT2D eigenvalue weighted by Gasteiger charge is 2.24. The molecule has 0 aromatic carbocycles. The summed E-state index contributed by atoms with van der Waals surface area (Å²) in [6.07, 6.45) is 5.22. The van der Waals surface area contributed by atoms with Gasteiger partial charge in [0, 0.05) is 23.5 Å². The lowest BCUT2D eigenvalue weighted by molar-refractivity contribution is 0.586. The molecule has 0 aliphatic heterocycles. The largest absolute Gasteiger partial charge is 0.360 e. The van der Waals surface area contributed by atoms with Crippen LogP contribution < -0.4 is 5.32 Å². The highest BCUT2D eigenvalue weighted by molar-refractivity contribution is 7.09. The summed E-state index contributed by atoms with van der Waals surface area (Å²) in [6, 6.07) is 0. The van der Waals surface area contributed by atoms with Crippen molar-refractivity contribution in [3.05, 3.63) is 6.33 Å². The first-order valence-electron chi connectivity index (χ1n) is 4.51. The fourth-order valence-electron chi connectivity index (χ4n) is 1.69. The van der Waals surface area contributed by atoms with Crippen molar-refractivity contribution in [1.29, 1.82) is 0 Å². The number of anilines is 1. The molecule has 1 aromatic rings. The summed E-state index contributed by atoms with van der Waals surface area (Å²) >= 11 is 7.54. The molecule has 0 bridgehead atoms. The first-order valence-corrected chi connectivity index (χ1v) is 5.72. The van der Waals surface area contributed by atoms with Gasteiger partial charge in [0.15, 0.2) is 0 Å². The summed E-state index contributed by atoms with van der Waals surface area (Å²) in [7, 11) is 0. The van der Waals surface area contributed by atoms with E-state index in [9.17, 15) is 0 Å². The number of nitrogens with zero attached hydrogens (tertiary/aromatic N) is 2. The van der Waals surface area contributed by atoms with E-state index in [0.717, 1.165) is 18.1 Å². The molecule has 2 unspecified atom stereocenters. The van der Waals surface area contributed by atoms with Crippen LogP contribution >= 0.6 is 23.1 Å². The third kappa shape index (κ3) is 2.31. The van der Waals surface area contributed by atoms with Crippen LogP contribution in [0.5, 0.6) is 0 Å². The fourth-order valence-corrected chi connectivity index (χ4v) is 2.50. The molecule has 1 aliphatic rings. The van der Waals surface area contributed by atoms with Crippen molar-refractivity contribution in [2.75, 3.05) is 11.9 Å². The molecule has 3 nitrogen and oxygen atoms in total. The fraction of sp³-hybridized carbons (Fsp3) is 0.750. The molecule has 2 atom stereocenters. The van der Waals surface area contributed by atoms with Crippen LogP contribution in [0.4, 0.5) is 5.13 Å². The van der Waals surface area contributed by atoms with Gasteiger partial charge in [-0.1, -0.05) is 6.42 Å². The van der Waals surface area contributed by atoms with Crippen LogP contribution in [0.15, 0.2) is 6.33 Å². The number of rotatable bonds is 3. The van der Waals surface area contributed by atoms with Gasteiger partial charge in [-0.25, -0.2) is 4.98 Å². The van der Waals surface area contributed by atoms with Crippen molar-refractivity contribution in [2.45, 2.75) is 24.6 Å². The zero-order valence-corrected chi connectivity index (χ0v) is 8.81. The Bertz CT molecular complexity index is 252. The first kappa shape index (κ1) is 9.21. The zero-order valence-electron chi connectivity index (χ0n) is 7.24. The quantitative estimate of drug-likeness (QED) is 0.790. The van der Waals surface area contributed by atoms with Gasteiger partial charge in [0.2, 0.25) is 5.13 Å². The smallest absolute Gasteiger partial charge is 0.202 e. The Morgan fingerprint density at radius 1 is 1.62 bits per heavy atom. The minimum Gasteiger partial charge on any atom is -0.360 e. The van der Waals surface area contributed by atoms with Gasteiger partial charge in [0.25, 0.3) is 0 Å². The second-order valence-corrected chi connectivity index (χ2v) is 4.67. The number of hydrogen-bond acceptors (Lipinski definition) is 4. The van der Waals surface area contributed by atoms with Crippen LogP contribution in [0.1, 0.15) is 19.3 Å². The monoisotopic (exact) mass is 217 g/mol. The minimum atomic E-state index is 0.348. The molecular weight excluding hydrogens is 206 g/mol. The van der Waals surface area contributed by atoms with Crippen molar-refractivity contribution < 1.29 is 0 Å². The maximum Gasteiger partial charge on any atom is 0.202 e. The summed E-state index contributed by atoms with van der Waals surface area (Å²) in [6.45, 7) is 0.934. The molecule has 1 saturated carbocycles. The molecule has 5 heteroatoms. The summed E-state index contributed by atoms with van der Waals surface area (Å²) in [5, 5.41) is 4.50. The summed E-state index contributed by atoms with van der Waals surface area (Å²) in [5.41, 5.74) is 0. The average molecular weight is 218 g/mol. The minimum absolute atomic E-state index is 0.348. The van der Waals surface area contributed by atoms with E-state index in [4.69, 9.17) is 11.6 Å². The third-order valence-corrected chi connectivity index (χ3v) is 3.64. The molecule has 0 saturated heterocycles. The van der Waals surface area contributed by atoms with Gasteiger partial charge < -0.3 is 5.32 Å².